The highest BCUT2D eigenvalue weighted by molar-refractivity contribution is 5.89. The number of anilines is 1. The Morgan fingerprint density at radius 1 is 1.29 bits per heavy atom. The van der Waals surface area contributed by atoms with E-state index < -0.39 is 0 Å². The van der Waals surface area contributed by atoms with Crippen LogP contribution in [0.3, 0.4) is 0 Å². The number of furan rings is 1. The Hall–Kier alpha value is -2.27. The molecule has 1 aromatic carbocycles. The number of nitrogens with zero attached hydrogens (tertiary/aromatic N) is 1. The lowest BCUT2D eigenvalue weighted by molar-refractivity contribution is 0.0803. The number of ether oxygens (including phenoxy) is 1. The van der Waals surface area contributed by atoms with Crippen molar-refractivity contribution < 1.29 is 13.9 Å². The van der Waals surface area contributed by atoms with Gasteiger partial charge in [0.05, 0.1) is 18.9 Å². The van der Waals surface area contributed by atoms with Crippen LogP contribution < -0.4 is 5.32 Å². The summed E-state index contributed by atoms with van der Waals surface area (Å²) in [5, 5.41) is 2.97. The van der Waals surface area contributed by atoms with Crippen molar-refractivity contribution in [2.45, 2.75) is 38.8 Å². The van der Waals surface area contributed by atoms with E-state index in [1.807, 2.05) is 36.4 Å². The third kappa shape index (κ3) is 4.38. The third-order valence-corrected chi connectivity index (χ3v) is 4.28. The summed E-state index contributed by atoms with van der Waals surface area (Å²) in [5.74, 6) is 0.768. The van der Waals surface area contributed by atoms with Gasteiger partial charge in [-0.2, -0.15) is 0 Å². The molecule has 1 aliphatic heterocycles. The number of hydrogen-bond donors (Lipinski definition) is 1. The molecule has 2 heterocycles. The summed E-state index contributed by atoms with van der Waals surface area (Å²) >= 11 is 0. The molecule has 5 nitrogen and oxygen atoms in total. The van der Waals surface area contributed by atoms with Gasteiger partial charge in [-0.05, 0) is 49.1 Å². The summed E-state index contributed by atoms with van der Waals surface area (Å²) in [6.07, 6.45) is 4.76. The molecule has 0 radical (unpaired) electrons. The normalized spacial score (nSPS) is 17.0. The van der Waals surface area contributed by atoms with Crippen LogP contribution in [0.1, 0.15) is 31.1 Å². The lowest BCUT2D eigenvalue weighted by Crippen LogP contribution is -2.39. The lowest BCUT2D eigenvalue weighted by Gasteiger charge is -2.25. The Labute approximate surface area is 142 Å². The zero-order chi connectivity index (χ0) is 16.8. The van der Waals surface area contributed by atoms with E-state index in [-0.39, 0.29) is 12.1 Å². The summed E-state index contributed by atoms with van der Waals surface area (Å²) in [6, 6.07) is 11.5. The van der Waals surface area contributed by atoms with Crippen LogP contribution in [0.25, 0.3) is 0 Å². The average molecular weight is 328 g/mol. The minimum Gasteiger partial charge on any atom is -0.467 e. The molecule has 0 bridgehead atoms. The van der Waals surface area contributed by atoms with E-state index in [4.69, 9.17) is 9.15 Å². The van der Waals surface area contributed by atoms with E-state index in [1.165, 1.54) is 5.56 Å². The number of aryl methyl sites for hydroxylation is 1. The van der Waals surface area contributed by atoms with Gasteiger partial charge in [0.25, 0.3) is 0 Å². The number of carbonyl (C=O) groups excluding carboxylic acids is 1. The number of amides is 2. The molecule has 2 aromatic rings. The predicted octanol–water partition coefficient (Wildman–Crippen LogP) is 4.06. The minimum absolute atomic E-state index is 0.105. The molecule has 1 N–H and O–H groups in total. The molecule has 5 heteroatoms. The maximum absolute atomic E-state index is 12.7. The van der Waals surface area contributed by atoms with E-state index in [2.05, 4.69) is 12.2 Å². The summed E-state index contributed by atoms with van der Waals surface area (Å²) < 4.78 is 11.1. The van der Waals surface area contributed by atoms with Crippen molar-refractivity contribution in [2.75, 3.05) is 18.5 Å². The van der Waals surface area contributed by atoms with E-state index in [0.717, 1.165) is 37.3 Å². The van der Waals surface area contributed by atoms with Crippen molar-refractivity contribution in [3.8, 4) is 0 Å². The van der Waals surface area contributed by atoms with E-state index in [0.29, 0.717) is 13.1 Å². The number of nitrogens with one attached hydrogen (secondary N) is 1. The van der Waals surface area contributed by atoms with E-state index >= 15 is 0 Å². The number of urea groups is 1. The van der Waals surface area contributed by atoms with Gasteiger partial charge in [-0.25, -0.2) is 4.79 Å². The Morgan fingerprint density at radius 3 is 2.75 bits per heavy atom. The molecule has 24 heavy (non-hydrogen) atoms. The lowest BCUT2D eigenvalue weighted by atomic mass is 10.1. The average Bonchev–Trinajstić information content (AvgIpc) is 3.29. The summed E-state index contributed by atoms with van der Waals surface area (Å²) in [5.41, 5.74) is 2.05. The number of hydrogen-bond acceptors (Lipinski definition) is 3. The van der Waals surface area contributed by atoms with Crippen LogP contribution in [-0.2, 0) is 17.7 Å². The van der Waals surface area contributed by atoms with Gasteiger partial charge >= 0.3 is 6.03 Å². The van der Waals surface area contributed by atoms with Crippen LogP contribution in [0, 0.1) is 0 Å². The molecule has 1 saturated heterocycles. The number of benzene rings is 1. The second kappa shape index (κ2) is 8.02. The Morgan fingerprint density at radius 2 is 2.12 bits per heavy atom. The van der Waals surface area contributed by atoms with Crippen molar-refractivity contribution in [3.05, 3.63) is 54.0 Å². The second-order valence-corrected chi connectivity index (χ2v) is 6.08. The maximum atomic E-state index is 12.7. The van der Waals surface area contributed by atoms with Gasteiger partial charge in [0.1, 0.15) is 5.76 Å². The minimum atomic E-state index is -0.133. The molecular formula is C19H24N2O3. The summed E-state index contributed by atoms with van der Waals surface area (Å²) in [7, 11) is 0. The van der Waals surface area contributed by atoms with Crippen LogP contribution >= 0.6 is 0 Å². The molecule has 2 amide bonds. The molecule has 0 saturated carbocycles. The van der Waals surface area contributed by atoms with Crippen molar-refractivity contribution >= 4 is 11.7 Å². The fourth-order valence-corrected chi connectivity index (χ4v) is 2.87. The molecule has 1 aromatic heterocycles. The Kier molecular flexibility index (Phi) is 5.54. The molecule has 1 atom stereocenters. The monoisotopic (exact) mass is 328 g/mol. The van der Waals surface area contributed by atoms with Crippen LogP contribution in [0.5, 0.6) is 0 Å². The standard InChI is InChI=1S/C19H24N2O3/c1-2-15-7-9-16(10-8-15)20-19(22)21(13-17-5-3-11-23-17)14-18-6-4-12-24-18/h3,5,7-11,18H,2,4,6,12-14H2,1H3,(H,20,22). The van der Waals surface area contributed by atoms with Crippen molar-refractivity contribution in [1.82, 2.24) is 4.90 Å². The summed E-state index contributed by atoms with van der Waals surface area (Å²) in [4.78, 5) is 14.5. The van der Waals surface area contributed by atoms with Crippen molar-refractivity contribution in [2.24, 2.45) is 0 Å². The van der Waals surface area contributed by atoms with Gasteiger partial charge in [0.2, 0.25) is 0 Å². The quantitative estimate of drug-likeness (QED) is 0.870. The van der Waals surface area contributed by atoms with Gasteiger partial charge in [-0.3, -0.25) is 0 Å². The highest BCUT2D eigenvalue weighted by Crippen LogP contribution is 2.17. The fourth-order valence-electron chi connectivity index (χ4n) is 2.87. The van der Waals surface area contributed by atoms with Gasteiger partial charge in [-0.1, -0.05) is 19.1 Å². The second-order valence-electron chi connectivity index (χ2n) is 6.08. The van der Waals surface area contributed by atoms with Gasteiger partial charge < -0.3 is 19.4 Å². The molecule has 0 spiro atoms. The van der Waals surface area contributed by atoms with Gasteiger partial charge in [0.15, 0.2) is 0 Å². The van der Waals surface area contributed by atoms with Crippen molar-refractivity contribution in [1.29, 1.82) is 0 Å². The largest absolute Gasteiger partial charge is 0.467 e. The first-order chi connectivity index (χ1) is 11.7. The zero-order valence-electron chi connectivity index (χ0n) is 14.0. The SMILES string of the molecule is CCc1ccc(NC(=O)N(Cc2ccco2)CC2CCCO2)cc1. The summed E-state index contributed by atoms with van der Waals surface area (Å²) in [6.45, 7) is 3.89. The number of rotatable bonds is 6. The van der Waals surface area contributed by atoms with E-state index in [9.17, 15) is 4.79 Å². The van der Waals surface area contributed by atoms with Crippen LogP contribution in [-0.4, -0.2) is 30.2 Å². The zero-order valence-corrected chi connectivity index (χ0v) is 14.0. The van der Waals surface area contributed by atoms with Gasteiger partial charge in [-0.15, -0.1) is 0 Å². The van der Waals surface area contributed by atoms with Gasteiger partial charge in [0, 0.05) is 18.8 Å². The molecule has 1 unspecified atom stereocenters. The van der Waals surface area contributed by atoms with Crippen LogP contribution in [0.15, 0.2) is 47.1 Å². The number of carbonyl (C=O) groups is 1. The molecule has 1 aliphatic rings. The fraction of sp³-hybridized carbons (Fsp3) is 0.421. The first-order valence-corrected chi connectivity index (χ1v) is 8.53. The molecule has 1 fully saturated rings. The molecule has 0 aliphatic carbocycles. The first-order valence-electron chi connectivity index (χ1n) is 8.53. The molecule has 3 rings (SSSR count). The highest BCUT2D eigenvalue weighted by Gasteiger charge is 2.23. The van der Waals surface area contributed by atoms with Crippen molar-refractivity contribution in [3.63, 3.8) is 0 Å². The third-order valence-electron chi connectivity index (χ3n) is 4.28. The van der Waals surface area contributed by atoms with E-state index in [1.54, 1.807) is 11.2 Å². The van der Waals surface area contributed by atoms with Crippen LogP contribution in [0.4, 0.5) is 10.5 Å². The molecule has 128 valence electrons. The Bertz CT molecular complexity index is 631. The topological polar surface area (TPSA) is 54.7 Å². The predicted molar refractivity (Wildman–Crippen MR) is 92.9 cm³/mol. The highest BCUT2D eigenvalue weighted by atomic mass is 16.5. The molecular weight excluding hydrogens is 304 g/mol. The first kappa shape index (κ1) is 16.6. The van der Waals surface area contributed by atoms with Crippen LogP contribution in [0.2, 0.25) is 0 Å². The smallest absolute Gasteiger partial charge is 0.322 e. The maximum Gasteiger partial charge on any atom is 0.322 e. The Balaban J connectivity index is 1.66.